The van der Waals surface area contributed by atoms with Gasteiger partial charge in [-0.05, 0) is 31.4 Å². The van der Waals surface area contributed by atoms with Crippen molar-refractivity contribution in [3.8, 4) is 0 Å². The molecule has 0 aliphatic carbocycles. The van der Waals surface area contributed by atoms with E-state index >= 15 is 0 Å². The Morgan fingerprint density at radius 2 is 1.96 bits per heavy atom. The van der Waals surface area contributed by atoms with Gasteiger partial charge in [-0.15, -0.1) is 0 Å². The van der Waals surface area contributed by atoms with Gasteiger partial charge in [0.1, 0.15) is 5.69 Å². The molecule has 0 spiro atoms. The van der Waals surface area contributed by atoms with E-state index in [2.05, 4.69) is 15.1 Å². The number of fused-ring (bicyclic) bond motifs is 1. The average molecular weight is 380 g/mol. The third-order valence-corrected chi connectivity index (χ3v) is 5.61. The van der Waals surface area contributed by atoms with Gasteiger partial charge < -0.3 is 14.2 Å². The maximum absolute atomic E-state index is 13.0. The molecule has 0 N–H and O–H groups in total. The van der Waals surface area contributed by atoms with Gasteiger partial charge >= 0.3 is 0 Å². The zero-order valence-electron chi connectivity index (χ0n) is 16.2. The predicted octanol–water partition coefficient (Wildman–Crippen LogP) is 3.14. The molecule has 0 unspecified atom stereocenters. The SMILES string of the molecule is COCCC1(c2noc(C)n2)CCN(C(=O)c2ccc3ccccc3n2)CC1. The fourth-order valence-electron chi connectivity index (χ4n) is 3.88. The van der Waals surface area contributed by atoms with Crippen LogP contribution in [-0.4, -0.2) is 52.7 Å². The van der Waals surface area contributed by atoms with Crippen molar-refractivity contribution in [1.29, 1.82) is 0 Å². The summed E-state index contributed by atoms with van der Waals surface area (Å²) in [6.45, 7) is 3.67. The summed E-state index contributed by atoms with van der Waals surface area (Å²) in [5.41, 5.74) is 1.10. The van der Waals surface area contributed by atoms with Gasteiger partial charge in [-0.3, -0.25) is 4.79 Å². The number of benzene rings is 1. The van der Waals surface area contributed by atoms with Crippen molar-refractivity contribution in [1.82, 2.24) is 20.0 Å². The van der Waals surface area contributed by atoms with Gasteiger partial charge in [-0.2, -0.15) is 4.98 Å². The second-order valence-corrected chi connectivity index (χ2v) is 7.34. The number of amides is 1. The van der Waals surface area contributed by atoms with Crippen LogP contribution >= 0.6 is 0 Å². The Kier molecular flexibility index (Phi) is 5.09. The van der Waals surface area contributed by atoms with Crippen LogP contribution in [0.25, 0.3) is 10.9 Å². The van der Waals surface area contributed by atoms with Crippen LogP contribution in [0.15, 0.2) is 40.9 Å². The summed E-state index contributed by atoms with van der Waals surface area (Å²) in [6, 6.07) is 11.6. The summed E-state index contributed by atoms with van der Waals surface area (Å²) in [5.74, 6) is 1.25. The molecule has 1 saturated heterocycles. The second kappa shape index (κ2) is 7.67. The number of carbonyl (C=O) groups is 1. The van der Waals surface area contributed by atoms with Crippen LogP contribution in [0.1, 0.15) is 41.5 Å². The first kappa shape index (κ1) is 18.6. The molecule has 1 aliphatic heterocycles. The van der Waals surface area contributed by atoms with E-state index in [0.29, 0.717) is 31.3 Å². The third kappa shape index (κ3) is 3.49. The number of piperidine rings is 1. The maximum atomic E-state index is 13.0. The minimum Gasteiger partial charge on any atom is -0.385 e. The minimum absolute atomic E-state index is 0.0320. The van der Waals surface area contributed by atoms with Gasteiger partial charge in [0.2, 0.25) is 5.89 Å². The van der Waals surface area contributed by atoms with Gasteiger partial charge in [-0.25, -0.2) is 4.98 Å². The largest absolute Gasteiger partial charge is 0.385 e. The minimum atomic E-state index is -0.221. The molecule has 7 nitrogen and oxygen atoms in total. The molecule has 3 heterocycles. The molecule has 1 aromatic carbocycles. The highest BCUT2D eigenvalue weighted by Crippen LogP contribution is 2.37. The Morgan fingerprint density at radius 3 is 2.68 bits per heavy atom. The van der Waals surface area contributed by atoms with Crippen molar-refractivity contribution in [3.63, 3.8) is 0 Å². The highest BCUT2D eigenvalue weighted by Gasteiger charge is 2.41. The molecule has 1 aliphatic rings. The Labute approximate surface area is 163 Å². The lowest BCUT2D eigenvalue weighted by Gasteiger charge is -2.39. The molecule has 1 amide bonds. The number of carbonyl (C=O) groups excluding carboxylic acids is 1. The van der Waals surface area contributed by atoms with Gasteiger partial charge in [0.05, 0.1) is 5.52 Å². The molecule has 0 saturated carbocycles. The molecule has 4 rings (SSSR count). The molecule has 2 aromatic heterocycles. The number of hydrogen-bond donors (Lipinski definition) is 0. The summed E-state index contributed by atoms with van der Waals surface area (Å²) in [4.78, 5) is 23.9. The molecule has 146 valence electrons. The van der Waals surface area contributed by atoms with E-state index in [1.807, 2.05) is 35.2 Å². The molecule has 28 heavy (non-hydrogen) atoms. The maximum Gasteiger partial charge on any atom is 0.272 e. The number of hydrogen-bond acceptors (Lipinski definition) is 6. The molecular weight excluding hydrogens is 356 g/mol. The normalized spacial score (nSPS) is 16.4. The number of nitrogens with zero attached hydrogens (tertiary/aromatic N) is 4. The van der Waals surface area contributed by atoms with E-state index in [1.54, 1.807) is 20.1 Å². The molecule has 3 aromatic rings. The summed E-state index contributed by atoms with van der Waals surface area (Å²) < 4.78 is 10.5. The van der Waals surface area contributed by atoms with E-state index in [4.69, 9.17) is 9.26 Å². The van der Waals surface area contributed by atoms with Crippen molar-refractivity contribution in [2.45, 2.75) is 31.6 Å². The monoisotopic (exact) mass is 380 g/mol. The first-order valence-corrected chi connectivity index (χ1v) is 9.56. The molecule has 0 atom stereocenters. The number of likely N-dealkylation sites (tertiary alicyclic amines) is 1. The van der Waals surface area contributed by atoms with E-state index in [-0.39, 0.29) is 11.3 Å². The molecule has 0 bridgehead atoms. The van der Waals surface area contributed by atoms with Crippen molar-refractivity contribution in [2.24, 2.45) is 0 Å². The van der Waals surface area contributed by atoms with Crippen LogP contribution < -0.4 is 0 Å². The third-order valence-electron chi connectivity index (χ3n) is 5.61. The van der Waals surface area contributed by atoms with Gasteiger partial charge in [0, 0.05) is 44.5 Å². The molecule has 0 radical (unpaired) electrons. The lowest BCUT2D eigenvalue weighted by atomic mass is 9.75. The zero-order valence-corrected chi connectivity index (χ0v) is 16.2. The van der Waals surface area contributed by atoms with Gasteiger partial charge in [0.25, 0.3) is 5.91 Å². The first-order valence-electron chi connectivity index (χ1n) is 9.56. The molecule has 7 heteroatoms. The summed E-state index contributed by atoms with van der Waals surface area (Å²) in [5, 5.41) is 5.20. The Morgan fingerprint density at radius 1 is 1.18 bits per heavy atom. The van der Waals surface area contributed by atoms with Crippen LogP contribution in [0.5, 0.6) is 0 Å². The van der Waals surface area contributed by atoms with Crippen LogP contribution in [0.4, 0.5) is 0 Å². The summed E-state index contributed by atoms with van der Waals surface area (Å²) in [6.07, 6.45) is 2.35. The average Bonchev–Trinajstić information content (AvgIpc) is 3.19. The fraction of sp³-hybridized carbons (Fsp3) is 0.429. The van der Waals surface area contributed by atoms with E-state index < -0.39 is 0 Å². The lowest BCUT2D eigenvalue weighted by molar-refractivity contribution is 0.0611. The van der Waals surface area contributed by atoms with Crippen molar-refractivity contribution in [2.75, 3.05) is 26.8 Å². The predicted molar refractivity (Wildman–Crippen MR) is 104 cm³/mol. The first-order chi connectivity index (χ1) is 13.6. The quantitative estimate of drug-likeness (QED) is 0.676. The van der Waals surface area contributed by atoms with Crippen LogP contribution in [-0.2, 0) is 10.2 Å². The lowest BCUT2D eigenvalue weighted by Crippen LogP contribution is -2.46. The number of aromatic nitrogens is 3. The van der Waals surface area contributed by atoms with Gasteiger partial charge in [-0.1, -0.05) is 29.4 Å². The molecule has 1 fully saturated rings. The van der Waals surface area contributed by atoms with Crippen molar-refractivity contribution >= 4 is 16.8 Å². The van der Waals surface area contributed by atoms with Crippen LogP contribution in [0.3, 0.4) is 0 Å². The van der Waals surface area contributed by atoms with E-state index in [9.17, 15) is 4.79 Å². The topological polar surface area (TPSA) is 81.4 Å². The smallest absolute Gasteiger partial charge is 0.272 e. The van der Waals surface area contributed by atoms with Crippen LogP contribution in [0.2, 0.25) is 0 Å². The fourth-order valence-corrected chi connectivity index (χ4v) is 3.88. The Bertz CT molecular complexity index is 976. The summed E-state index contributed by atoms with van der Waals surface area (Å²) in [7, 11) is 1.69. The number of pyridine rings is 1. The van der Waals surface area contributed by atoms with Crippen LogP contribution in [0, 0.1) is 6.92 Å². The molecular formula is C21H24N4O3. The highest BCUT2D eigenvalue weighted by molar-refractivity contribution is 5.95. The standard InChI is InChI=1S/C21H24N4O3/c1-15-22-20(24-28-15)21(11-14-27-2)9-12-25(13-10-21)19(26)18-8-7-16-5-3-4-6-17(16)23-18/h3-8H,9-14H2,1-2H3. The number of aryl methyl sites for hydroxylation is 1. The Balaban J connectivity index is 1.51. The number of ether oxygens (including phenoxy) is 1. The Hall–Kier alpha value is -2.80. The van der Waals surface area contributed by atoms with Crippen molar-refractivity contribution in [3.05, 3.63) is 53.8 Å². The number of rotatable bonds is 5. The highest BCUT2D eigenvalue weighted by atomic mass is 16.5. The second-order valence-electron chi connectivity index (χ2n) is 7.34. The van der Waals surface area contributed by atoms with Gasteiger partial charge in [0.15, 0.2) is 5.82 Å². The van der Waals surface area contributed by atoms with E-state index in [1.165, 1.54) is 0 Å². The van der Waals surface area contributed by atoms with E-state index in [0.717, 1.165) is 36.0 Å². The summed E-state index contributed by atoms with van der Waals surface area (Å²) >= 11 is 0. The van der Waals surface area contributed by atoms with Crippen molar-refractivity contribution < 1.29 is 14.1 Å². The number of para-hydroxylation sites is 1. The zero-order chi connectivity index (χ0) is 19.6. The number of methoxy groups -OCH3 is 1.